The minimum absolute atomic E-state index is 0.0242. The van der Waals surface area contributed by atoms with Crippen LogP contribution in [-0.4, -0.2) is 42.1 Å². The number of rotatable bonds is 6. The molecule has 0 aliphatic carbocycles. The van der Waals surface area contributed by atoms with E-state index in [4.69, 9.17) is 25.8 Å². The summed E-state index contributed by atoms with van der Waals surface area (Å²) in [5.74, 6) is 0.420. The Kier molecular flexibility index (Phi) is 6.29. The maximum atomic E-state index is 13.2. The van der Waals surface area contributed by atoms with Crippen molar-refractivity contribution < 1.29 is 23.8 Å². The van der Waals surface area contributed by atoms with E-state index in [1.54, 1.807) is 55.1 Å². The number of amides is 1. The van der Waals surface area contributed by atoms with Gasteiger partial charge in [0.1, 0.15) is 0 Å². The smallest absolute Gasteiger partial charge is 0.360 e. The van der Waals surface area contributed by atoms with E-state index in [0.29, 0.717) is 34.1 Å². The van der Waals surface area contributed by atoms with Gasteiger partial charge in [-0.1, -0.05) is 31.5 Å². The van der Waals surface area contributed by atoms with Crippen molar-refractivity contribution in [1.82, 2.24) is 9.78 Å². The second-order valence-corrected chi connectivity index (χ2v) is 8.16. The minimum Gasteiger partial charge on any atom is -0.461 e. The Morgan fingerprint density at radius 1 is 1.18 bits per heavy atom. The Hall–Kier alpha value is -3.52. The van der Waals surface area contributed by atoms with Crippen molar-refractivity contribution in [2.45, 2.75) is 26.7 Å². The Morgan fingerprint density at radius 2 is 1.94 bits per heavy atom. The van der Waals surface area contributed by atoms with Gasteiger partial charge in [-0.15, -0.1) is 0 Å². The number of halogens is 1. The van der Waals surface area contributed by atoms with E-state index in [9.17, 15) is 9.59 Å². The van der Waals surface area contributed by atoms with Crippen molar-refractivity contribution in [2.24, 2.45) is 0 Å². The molecule has 33 heavy (non-hydrogen) atoms. The van der Waals surface area contributed by atoms with Crippen LogP contribution in [0.15, 0.2) is 42.5 Å². The largest absolute Gasteiger partial charge is 0.461 e. The van der Waals surface area contributed by atoms with Crippen molar-refractivity contribution in [3.8, 4) is 17.2 Å². The van der Waals surface area contributed by atoms with Gasteiger partial charge in [0.15, 0.2) is 17.2 Å². The first-order chi connectivity index (χ1) is 15.8. The van der Waals surface area contributed by atoms with E-state index >= 15 is 0 Å². The number of anilines is 1. The number of esters is 1. The van der Waals surface area contributed by atoms with Gasteiger partial charge >= 0.3 is 5.97 Å². The van der Waals surface area contributed by atoms with Crippen LogP contribution in [0.4, 0.5) is 5.69 Å². The van der Waals surface area contributed by atoms with Crippen LogP contribution < -0.4 is 14.4 Å². The van der Waals surface area contributed by atoms with Gasteiger partial charge in [-0.25, -0.2) is 9.48 Å². The van der Waals surface area contributed by atoms with E-state index in [1.165, 1.54) is 4.90 Å². The highest BCUT2D eigenvalue weighted by molar-refractivity contribution is 6.34. The SMILES string of the molecule is CCOC(=O)c1nn(-c2cccc(C(=O)N(C)c3ccc4c(c3)OCO4)c2)c(C(C)C)c1Cl. The topological polar surface area (TPSA) is 82.9 Å². The van der Waals surface area contributed by atoms with E-state index in [0.717, 1.165) is 0 Å². The van der Waals surface area contributed by atoms with Crippen LogP contribution in [0.3, 0.4) is 0 Å². The molecule has 1 amide bonds. The summed E-state index contributed by atoms with van der Waals surface area (Å²) in [6, 6.07) is 12.3. The number of nitrogens with zero attached hydrogens (tertiary/aromatic N) is 3. The van der Waals surface area contributed by atoms with Gasteiger partial charge in [0.05, 0.1) is 23.0 Å². The fourth-order valence-corrected chi connectivity index (χ4v) is 4.03. The quantitative estimate of drug-likeness (QED) is 0.481. The summed E-state index contributed by atoms with van der Waals surface area (Å²) in [6.45, 7) is 6.01. The number of carbonyl (C=O) groups is 2. The molecule has 1 aliphatic heterocycles. The second-order valence-electron chi connectivity index (χ2n) is 7.79. The van der Waals surface area contributed by atoms with Gasteiger partial charge in [-0.2, -0.15) is 5.10 Å². The summed E-state index contributed by atoms with van der Waals surface area (Å²) in [5.41, 5.74) is 2.45. The standard InChI is InChI=1S/C24H24ClN3O5/c1-5-31-24(30)21-20(25)22(14(2)3)28(26-21)17-8-6-7-15(11-17)23(29)27(4)16-9-10-18-19(12-16)33-13-32-18/h6-12,14H,5,13H2,1-4H3. The normalized spacial score (nSPS) is 12.2. The second kappa shape index (κ2) is 9.15. The first-order valence-electron chi connectivity index (χ1n) is 10.6. The monoisotopic (exact) mass is 469 g/mol. The van der Waals surface area contributed by atoms with Crippen molar-refractivity contribution in [3.05, 3.63) is 64.4 Å². The molecule has 0 bridgehead atoms. The molecular weight excluding hydrogens is 446 g/mol. The van der Waals surface area contributed by atoms with Crippen molar-refractivity contribution in [2.75, 3.05) is 25.3 Å². The van der Waals surface area contributed by atoms with Crippen molar-refractivity contribution in [3.63, 3.8) is 0 Å². The Bertz CT molecular complexity index is 1220. The van der Waals surface area contributed by atoms with Crippen LogP contribution >= 0.6 is 11.6 Å². The Labute approximate surface area is 196 Å². The zero-order valence-corrected chi connectivity index (χ0v) is 19.5. The van der Waals surface area contributed by atoms with Crippen molar-refractivity contribution in [1.29, 1.82) is 0 Å². The van der Waals surface area contributed by atoms with E-state index < -0.39 is 5.97 Å². The van der Waals surface area contributed by atoms with E-state index in [1.807, 2.05) is 19.9 Å². The van der Waals surface area contributed by atoms with Gasteiger partial charge in [0, 0.05) is 24.4 Å². The van der Waals surface area contributed by atoms with Crippen LogP contribution in [0, 0.1) is 0 Å². The number of ether oxygens (including phenoxy) is 3. The average Bonchev–Trinajstić information content (AvgIpc) is 3.42. The highest BCUT2D eigenvalue weighted by Gasteiger charge is 2.26. The summed E-state index contributed by atoms with van der Waals surface area (Å²) >= 11 is 6.50. The maximum absolute atomic E-state index is 13.2. The highest BCUT2D eigenvalue weighted by Crippen LogP contribution is 2.36. The fourth-order valence-electron chi connectivity index (χ4n) is 3.61. The number of fused-ring (bicyclic) bond motifs is 1. The summed E-state index contributed by atoms with van der Waals surface area (Å²) in [6.07, 6.45) is 0. The minimum atomic E-state index is -0.585. The third kappa shape index (κ3) is 4.26. The van der Waals surface area contributed by atoms with Gasteiger partial charge in [-0.05, 0) is 43.2 Å². The number of carbonyl (C=O) groups excluding carboxylic acids is 2. The Balaban J connectivity index is 1.69. The van der Waals surface area contributed by atoms with Gasteiger partial charge < -0.3 is 19.1 Å². The average molecular weight is 470 g/mol. The van der Waals surface area contributed by atoms with E-state index in [2.05, 4.69) is 5.10 Å². The third-order valence-corrected chi connectivity index (χ3v) is 5.64. The van der Waals surface area contributed by atoms with Crippen LogP contribution in [0.5, 0.6) is 11.5 Å². The lowest BCUT2D eigenvalue weighted by atomic mass is 10.1. The van der Waals surface area contributed by atoms with Crippen LogP contribution in [0.1, 0.15) is 53.2 Å². The Morgan fingerprint density at radius 3 is 2.67 bits per heavy atom. The lowest BCUT2D eigenvalue weighted by Gasteiger charge is -2.18. The molecule has 0 N–H and O–H groups in total. The number of hydrogen-bond acceptors (Lipinski definition) is 6. The molecule has 0 unspecified atom stereocenters. The van der Waals surface area contributed by atoms with Gasteiger partial charge in [0.25, 0.3) is 5.91 Å². The van der Waals surface area contributed by atoms with E-state index in [-0.39, 0.29) is 35.9 Å². The van der Waals surface area contributed by atoms with Crippen LogP contribution in [0.2, 0.25) is 5.02 Å². The van der Waals surface area contributed by atoms with Crippen LogP contribution in [0.25, 0.3) is 5.69 Å². The molecule has 1 aliphatic rings. The summed E-state index contributed by atoms with van der Waals surface area (Å²) in [4.78, 5) is 27.1. The molecule has 0 atom stereocenters. The third-order valence-electron chi connectivity index (χ3n) is 5.26. The number of hydrogen-bond donors (Lipinski definition) is 0. The summed E-state index contributed by atoms with van der Waals surface area (Å²) in [7, 11) is 1.69. The zero-order chi connectivity index (χ0) is 23.7. The highest BCUT2D eigenvalue weighted by atomic mass is 35.5. The predicted molar refractivity (Wildman–Crippen MR) is 124 cm³/mol. The van der Waals surface area contributed by atoms with Gasteiger partial charge in [-0.3, -0.25) is 4.79 Å². The van der Waals surface area contributed by atoms with Gasteiger partial charge in [0.2, 0.25) is 6.79 Å². The molecule has 4 rings (SSSR count). The van der Waals surface area contributed by atoms with Crippen LogP contribution in [-0.2, 0) is 4.74 Å². The number of benzene rings is 2. The molecule has 2 heterocycles. The first kappa shape index (κ1) is 22.7. The molecule has 0 saturated carbocycles. The molecule has 1 aromatic heterocycles. The molecule has 3 aromatic rings. The lowest BCUT2D eigenvalue weighted by Crippen LogP contribution is -2.26. The summed E-state index contributed by atoms with van der Waals surface area (Å²) < 4.78 is 17.4. The molecule has 0 saturated heterocycles. The molecule has 0 radical (unpaired) electrons. The molecule has 0 spiro atoms. The molecular formula is C24H24ClN3O5. The fraction of sp³-hybridized carbons (Fsp3) is 0.292. The first-order valence-corrected chi connectivity index (χ1v) is 10.9. The molecule has 172 valence electrons. The molecule has 9 heteroatoms. The maximum Gasteiger partial charge on any atom is 0.360 e. The van der Waals surface area contributed by atoms with Crippen molar-refractivity contribution >= 4 is 29.2 Å². The molecule has 0 fully saturated rings. The predicted octanol–water partition coefficient (Wildman–Crippen LogP) is 4.83. The molecule has 8 nitrogen and oxygen atoms in total. The summed E-state index contributed by atoms with van der Waals surface area (Å²) in [5, 5.41) is 4.67. The number of aromatic nitrogens is 2. The molecule has 2 aromatic carbocycles. The lowest BCUT2D eigenvalue weighted by molar-refractivity contribution is 0.0519. The zero-order valence-electron chi connectivity index (χ0n) is 18.8.